The summed E-state index contributed by atoms with van der Waals surface area (Å²) in [6.45, 7) is 2.11. The number of fused-ring (bicyclic) bond motifs is 5. The molecule has 2 aromatic heterocycles. The van der Waals surface area contributed by atoms with Gasteiger partial charge in [-0.15, -0.1) is 0 Å². The molecule has 0 saturated heterocycles. The van der Waals surface area contributed by atoms with E-state index >= 15 is 0 Å². The summed E-state index contributed by atoms with van der Waals surface area (Å²) in [5, 5.41) is 15.5. The lowest BCUT2D eigenvalue weighted by atomic mass is 9.89. The minimum absolute atomic E-state index is 0.105. The molecule has 0 saturated carbocycles. The van der Waals surface area contributed by atoms with Gasteiger partial charge in [0.05, 0.1) is 30.7 Å². The first kappa shape index (κ1) is 18.6. The van der Waals surface area contributed by atoms with Gasteiger partial charge in [0.1, 0.15) is 22.8 Å². The van der Waals surface area contributed by atoms with E-state index in [1.807, 2.05) is 55.5 Å². The molecule has 4 heterocycles. The molecule has 0 fully saturated rings. The molecule has 32 heavy (non-hydrogen) atoms. The Kier molecular flexibility index (Phi) is 3.71. The Labute approximate surface area is 183 Å². The molecule has 2 N–H and O–H groups in total. The van der Waals surface area contributed by atoms with E-state index < -0.39 is 11.6 Å². The first-order chi connectivity index (χ1) is 15.5. The number of nitrogens with zero attached hydrogens (tertiary/aromatic N) is 4. The number of aromatic nitrogens is 3. The third-order valence-corrected chi connectivity index (χ3v) is 6.15. The van der Waals surface area contributed by atoms with Crippen molar-refractivity contribution in [2.75, 3.05) is 7.11 Å². The van der Waals surface area contributed by atoms with Gasteiger partial charge in [-0.05, 0) is 31.2 Å². The number of carbonyl (C=O) groups excluding carboxylic acids is 1. The lowest BCUT2D eigenvalue weighted by Gasteiger charge is -2.25. The number of ether oxygens (including phenoxy) is 1. The number of urea groups is 1. The van der Waals surface area contributed by atoms with Crippen molar-refractivity contribution in [3.63, 3.8) is 0 Å². The highest BCUT2D eigenvalue weighted by Gasteiger charge is 2.53. The predicted molar refractivity (Wildman–Crippen MR) is 119 cm³/mol. The molecule has 0 radical (unpaired) electrons. The van der Waals surface area contributed by atoms with Gasteiger partial charge in [-0.3, -0.25) is 0 Å². The number of rotatable bonds is 3. The normalized spacial score (nSPS) is 18.9. The number of hydrogen-bond acceptors (Lipinski definition) is 5. The number of methoxy groups -OCH3 is 1. The summed E-state index contributed by atoms with van der Waals surface area (Å²) in [5.74, 6) is 1.34. The fourth-order valence-electron chi connectivity index (χ4n) is 4.73. The van der Waals surface area contributed by atoms with E-state index in [4.69, 9.17) is 4.74 Å². The second kappa shape index (κ2) is 6.40. The number of amides is 2. The maximum absolute atomic E-state index is 12.5. The summed E-state index contributed by atoms with van der Waals surface area (Å²) < 4.78 is 7.09. The highest BCUT2D eigenvalue weighted by Crippen LogP contribution is 2.46. The van der Waals surface area contributed by atoms with Crippen molar-refractivity contribution < 1.29 is 14.6 Å². The van der Waals surface area contributed by atoms with Crippen LogP contribution in [0, 0.1) is 6.92 Å². The van der Waals surface area contributed by atoms with E-state index in [9.17, 15) is 9.90 Å². The predicted octanol–water partition coefficient (Wildman–Crippen LogP) is 3.54. The van der Waals surface area contributed by atoms with Crippen molar-refractivity contribution in [1.82, 2.24) is 19.9 Å². The quantitative estimate of drug-likeness (QED) is 0.523. The van der Waals surface area contributed by atoms with Gasteiger partial charge in [0.15, 0.2) is 5.88 Å². The average Bonchev–Trinajstić information content (AvgIpc) is 3.39. The Morgan fingerprint density at radius 2 is 1.91 bits per heavy atom. The van der Waals surface area contributed by atoms with Crippen molar-refractivity contribution in [3.8, 4) is 22.9 Å². The first-order valence-corrected chi connectivity index (χ1v) is 10.2. The lowest BCUT2D eigenvalue weighted by molar-refractivity contribution is 0.243. The molecule has 4 aromatic rings. The van der Waals surface area contributed by atoms with Crippen LogP contribution in [0.4, 0.5) is 4.79 Å². The van der Waals surface area contributed by atoms with E-state index in [0.29, 0.717) is 34.1 Å². The number of nitrogens with one attached hydrogen (secondary N) is 1. The van der Waals surface area contributed by atoms with E-state index in [1.165, 1.54) is 0 Å². The molecule has 2 aromatic carbocycles. The Bertz CT molecular complexity index is 1460. The third kappa shape index (κ3) is 2.43. The van der Waals surface area contributed by atoms with Gasteiger partial charge in [0.25, 0.3) is 0 Å². The Hall–Kier alpha value is -4.20. The third-order valence-electron chi connectivity index (χ3n) is 6.15. The summed E-state index contributed by atoms with van der Waals surface area (Å²) >= 11 is 0. The number of aliphatic imine (C=N–C) groups is 1. The smallest absolute Gasteiger partial charge is 0.342 e. The summed E-state index contributed by atoms with van der Waals surface area (Å²) in [4.78, 5) is 26.1. The van der Waals surface area contributed by atoms with Gasteiger partial charge < -0.3 is 19.7 Å². The van der Waals surface area contributed by atoms with Crippen LogP contribution in [0.5, 0.6) is 11.6 Å². The molecule has 2 aliphatic heterocycles. The second-order valence-corrected chi connectivity index (χ2v) is 8.02. The molecule has 6 rings (SSSR count). The van der Waals surface area contributed by atoms with Gasteiger partial charge in [-0.25, -0.2) is 14.8 Å². The molecule has 2 aliphatic rings. The molecule has 0 bridgehead atoms. The van der Waals surface area contributed by atoms with Crippen LogP contribution in [-0.2, 0) is 12.1 Å². The lowest BCUT2D eigenvalue weighted by Crippen LogP contribution is -2.46. The number of benzene rings is 2. The summed E-state index contributed by atoms with van der Waals surface area (Å²) in [5.41, 5.74) is 2.63. The SMILES string of the molecule is COc1ccc2c3n(c(O)c2c1)C[C@@]1(c2cc(-c4ccccc4)nc(C)n2)NC(=O)N=C31. The molecular weight excluding hydrogens is 406 g/mol. The molecule has 0 unspecified atom stereocenters. The molecule has 8 nitrogen and oxygen atoms in total. The Balaban J connectivity index is 1.56. The zero-order valence-corrected chi connectivity index (χ0v) is 17.5. The average molecular weight is 425 g/mol. The summed E-state index contributed by atoms with van der Waals surface area (Å²) in [6.07, 6.45) is 0. The minimum Gasteiger partial charge on any atom is -0.497 e. The number of aromatic hydroxyl groups is 1. The maximum atomic E-state index is 12.5. The minimum atomic E-state index is -0.977. The van der Waals surface area contributed by atoms with Crippen LogP contribution in [0.25, 0.3) is 22.0 Å². The van der Waals surface area contributed by atoms with Crippen LogP contribution in [0.1, 0.15) is 17.2 Å². The topological polar surface area (TPSA) is 102 Å². The molecule has 0 aliphatic carbocycles. The van der Waals surface area contributed by atoms with Crippen LogP contribution < -0.4 is 10.1 Å². The van der Waals surface area contributed by atoms with Gasteiger partial charge in [-0.1, -0.05) is 30.3 Å². The zero-order chi connectivity index (χ0) is 22.0. The van der Waals surface area contributed by atoms with Crippen LogP contribution in [-0.4, -0.2) is 38.5 Å². The van der Waals surface area contributed by atoms with E-state index in [-0.39, 0.29) is 12.4 Å². The number of carbonyl (C=O) groups is 1. The zero-order valence-electron chi connectivity index (χ0n) is 17.5. The largest absolute Gasteiger partial charge is 0.497 e. The van der Waals surface area contributed by atoms with Crippen molar-refractivity contribution in [3.05, 3.63) is 71.8 Å². The van der Waals surface area contributed by atoms with Crippen molar-refractivity contribution in [2.24, 2.45) is 4.99 Å². The van der Waals surface area contributed by atoms with Crippen LogP contribution in [0.3, 0.4) is 0 Å². The van der Waals surface area contributed by atoms with Gasteiger partial charge in [0, 0.05) is 16.3 Å². The monoisotopic (exact) mass is 425 g/mol. The number of aryl methyl sites for hydroxylation is 1. The maximum Gasteiger partial charge on any atom is 0.342 e. The van der Waals surface area contributed by atoms with Gasteiger partial charge in [0.2, 0.25) is 0 Å². The number of hydrogen-bond donors (Lipinski definition) is 2. The van der Waals surface area contributed by atoms with E-state index in [0.717, 1.165) is 16.6 Å². The van der Waals surface area contributed by atoms with Gasteiger partial charge in [-0.2, -0.15) is 4.99 Å². The highest BCUT2D eigenvalue weighted by atomic mass is 16.5. The molecule has 0 spiro atoms. The van der Waals surface area contributed by atoms with E-state index in [1.54, 1.807) is 17.7 Å². The Morgan fingerprint density at radius 3 is 2.69 bits per heavy atom. The fraction of sp³-hybridized carbons (Fsp3) is 0.167. The molecule has 1 atom stereocenters. The standard InChI is InChI=1S/C24H19N5O3/c1-13-25-18(14-6-4-3-5-7-14)11-19(26-13)24-12-29-20(21(24)27-23(31)28-24)16-9-8-15(32-2)10-17(16)22(29)30/h3-11,30H,12H2,1-2H3,(H,28,31)/t24-/m0/s1. The van der Waals surface area contributed by atoms with Crippen molar-refractivity contribution >= 4 is 22.5 Å². The molecule has 158 valence electrons. The van der Waals surface area contributed by atoms with Crippen LogP contribution in [0.15, 0.2) is 59.6 Å². The van der Waals surface area contributed by atoms with Crippen LogP contribution >= 0.6 is 0 Å². The summed E-state index contributed by atoms with van der Waals surface area (Å²) in [7, 11) is 1.58. The summed E-state index contributed by atoms with van der Waals surface area (Å²) in [6, 6.07) is 16.8. The fourth-order valence-corrected chi connectivity index (χ4v) is 4.73. The molecule has 8 heteroatoms. The van der Waals surface area contributed by atoms with Crippen molar-refractivity contribution in [2.45, 2.75) is 19.0 Å². The van der Waals surface area contributed by atoms with E-state index in [2.05, 4.69) is 20.3 Å². The second-order valence-electron chi connectivity index (χ2n) is 8.02. The van der Waals surface area contributed by atoms with Crippen LogP contribution in [0.2, 0.25) is 0 Å². The van der Waals surface area contributed by atoms with Crippen molar-refractivity contribution in [1.29, 1.82) is 0 Å². The van der Waals surface area contributed by atoms with Gasteiger partial charge >= 0.3 is 6.03 Å². The molecule has 2 amide bonds. The first-order valence-electron chi connectivity index (χ1n) is 10.2. The molecular formula is C24H19N5O3. The Morgan fingerprint density at radius 1 is 1.09 bits per heavy atom. The highest BCUT2D eigenvalue weighted by molar-refractivity contribution is 6.23.